The molecule has 1 heterocycles. The minimum absolute atomic E-state index is 1.10. The molecule has 0 aliphatic heterocycles. The molecule has 1 N–H and O–H groups in total. The van der Waals surface area contributed by atoms with Crippen LogP contribution in [0.5, 0.6) is 0 Å². The zero-order chi connectivity index (χ0) is 16.8. The third-order valence-electron chi connectivity index (χ3n) is 2.46. The second-order valence-electron chi connectivity index (χ2n) is 3.77. The van der Waals surface area contributed by atoms with Crippen molar-refractivity contribution in [3.8, 4) is 0 Å². The van der Waals surface area contributed by atoms with Gasteiger partial charge >= 0.3 is 0 Å². The molecule has 0 fully saturated rings. The molecule has 0 atom stereocenters. The predicted octanol–water partition coefficient (Wildman–Crippen LogP) is 4.08. The van der Waals surface area contributed by atoms with Gasteiger partial charge in [0.25, 0.3) is 11.9 Å². The summed E-state index contributed by atoms with van der Waals surface area (Å²) < 4.78 is 117. The van der Waals surface area contributed by atoms with Gasteiger partial charge in [0.05, 0.1) is 0 Å². The van der Waals surface area contributed by atoms with Crippen LogP contribution in [-0.2, 0) is 0 Å². The van der Waals surface area contributed by atoms with Gasteiger partial charge in [-0.1, -0.05) is 0 Å². The van der Waals surface area contributed by atoms with Gasteiger partial charge in [-0.2, -0.15) is 22.5 Å². The molecule has 0 bridgehead atoms. The van der Waals surface area contributed by atoms with Gasteiger partial charge in [0, 0.05) is 0 Å². The highest BCUT2D eigenvalue weighted by molar-refractivity contribution is 5.62. The van der Waals surface area contributed by atoms with Gasteiger partial charge in [0.15, 0.2) is 23.3 Å². The van der Waals surface area contributed by atoms with Gasteiger partial charge < -0.3 is 5.32 Å². The number of nitrogens with zero attached hydrogens (tertiary/aromatic N) is 1. The summed E-state index contributed by atoms with van der Waals surface area (Å²) in [6.07, 6.45) is 0. The van der Waals surface area contributed by atoms with Gasteiger partial charge in [-0.25, -0.2) is 22.0 Å². The molecule has 118 valence electrons. The molecule has 0 unspecified atom stereocenters. The zero-order valence-corrected chi connectivity index (χ0v) is 9.85. The summed E-state index contributed by atoms with van der Waals surface area (Å²) in [7, 11) is 0. The lowest BCUT2D eigenvalue weighted by Crippen LogP contribution is -2.11. The van der Waals surface area contributed by atoms with E-state index >= 15 is 0 Å². The van der Waals surface area contributed by atoms with Crippen LogP contribution in [-0.4, -0.2) is 4.98 Å². The van der Waals surface area contributed by atoms with Gasteiger partial charge in [-0.05, 0) is 0 Å². The van der Waals surface area contributed by atoms with E-state index in [1.54, 1.807) is 0 Å². The maximum Gasteiger partial charge on any atom is 0.253 e. The molecule has 0 aliphatic carbocycles. The molecular formula is C11HF9N2. The Hall–Kier alpha value is -2.46. The van der Waals surface area contributed by atoms with E-state index < -0.39 is 64.0 Å². The van der Waals surface area contributed by atoms with Crippen molar-refractivity contribution in [1.82, 2.24) is 4.98 Å². The number of hydrogen-bond acceptors (Lipinski definition) is 2. The summed E-state index contributed by atoms with van der Waals surface area (Å²) in [5.74, 6) is -21.1. The van der Waals surface area contributed by atoms with Gasteiger partial charge in [-0.15, -0.1) is 0 Å². The molecule has 0 saturated carbocycles. The number of benzene rings is 1. The van der Waals surface area contributed by atoms with Crippen molar-refractivity contribution in [2.45, 2.75) is 0 Å². The number of hydrogen-bond donors (Lipinski definition) is 1. The van der Waals surface area contributed by atoms with E-state index in [1.807, 2.05) is 0 Å². The van der Waals surface area contributed by atoms with Crippen LogP contribution in [0.4, 0.5) is 50.9 Å². The topological polar surface area (TPSA) is 24.9 Å². The smallest absolute Gasteiger partial charge is 0.253 e. The second kappa shape index (κ2) is 5.39. The summed E-state index contributed by atoms with van der Waals surface area (Å²) in [4.78, 5) is 2.15. The van der Waals surface area contributed by atoms with E-state index in [4.69, 9.17) is 0 Å². The fourth-order valence-electron chi connectivity index (χ4n) is 1.44. The highest BCUT2D eigenvalue weighted by atomic mass is 19.2. The number of rotatable bonds is 2. The Labute approximate surface area is 115 Å². The molecular weight excluding hydrogens is 331 g/mol. The van der Waals surface area contributed by atoms with Crippen molar-refractivity contribution in [3.05, 3.63) is 52.6 Å². The first kappa shape index (κ1) is 15.9. The lowest BCUT2D eigenvalue weighted by Gasteiger charge is -2.12. The highest BCUT2D eigenvalue weighted by Crippen LogP contribution is 2.32. The first-order valence-corrected chi connectivity index (χ1v) is 5.15. The van der Waals surface area contributed by atoms with Crippen LogP contribution in [0, 0.1) is 52.6 Å². The van der Waals surface area contributed by atoms with Gasteiger partial charge in [-0.3, -0.25) is 0 Å². The third kappa shape index (κ3) is 2.31. The van der Waals surface area contributed by atoms with Crippen LogP contribution in [0.15, 0.2) is 0 Å². The van der Waals surface area contributed by atoms with E-state index in [9.17, 15) is 39.5 Å². The summed E-state index contributed by atoms with van der Waals surface area (Å²) in [6, 6.07) is 0. The van der Waals surface area contributed by atoms with Crippen LogP contribution in [0.2, 0.25) is 0 Å². The molecule has 22 heavy (non-hydrogen) atoms. The Morgan fingerprint density at radius 3 is 1.18 bits per heavy atom. The molecule has 0 radical (unpaired) electrons. The standard InChI is InChI=1S/C11HF9N2/c12-1-2(13)4(15)8(5(16)3(1)14)21-9-6(17)10(19)22-11(20)7(9)18/h(H,21,22). The first-order valence-electron chi connectivity index (χ1n) is 5.15. The maximum atomic E-state index is 13.3. The van der Waals surface area contributed by atoms with E-state index in [0.29, 0.717) is 0 Å². The van der Waals surface area contributed by atoms with Crippen LogP contribution >= 0.6 is 0 Å². The SMILES string of the molecule is Fc1nc(F)c(F)c(Nc2c(F)c(F)c(F)c(F)c2F)c1F. The van der Waals surface area contributed by atoms with Crippen LogP contribution in [0.1, 0.15) is 0 Å². The zero-order valence-electron chi connectivity index (χ0n) is 9.85. The second-order valence-corrected chi connectivity index (χ2v) is 3.77. The minimum Gasteiger partial charge on any atom is -0.345 e. The predicted molar refractivity (Wildman–Crippen MR) is 53.6 cm³/mol. The minimum atomic E-state index is -2.52. The van der Waals surface area contributed by atoms with Gasteiger partial charge in [0.1, 0.15) is 11.4 Å². The summed E-state index contributed by atoms with van der Waals surface area (Å²) in [5, 5.41) is 1.10. The Balaban J connectivity index is 2.68. The highest BCUT2D eigenvalue weighted by Gasteiger charge is 2.29. The maximum absolute atomic E-state index is 13.3. The number of nitrogens with one attached hydrogen (secondary N) is 1. The Morgan fingerprint density at radius 1 is 0.455 bits per heavy atom. The normalized spacial score (nSPS) is 11.0. The number of pyridine rings is 1. The van der Waals surface area contributed by atoms with Crippen molar-refractivity contribution >= 4 is 11.4 Å². The Kier molecular flexibility index (Phi) is 3.90. The third-order valence-corrected chi connectivity index (χ3v) is 2.46. The van der Waals surface area contributed by atoms with Crippen LogP contribution in [0.3, 0.4) is 0 Å². The lowest BCUT2D eigenvalue weighted by atomic mass is 10.2. The summed E-state index contributed by atoms with van der Waals surface area (Å²) >= 11 is 0. The molecule has 0 spiro atoms. The molecule has 2 aromatic rings. The van der Waals surface area contributed by atoms with E-state index in [1.165, 1.54) is 0 Å². The van der Waals surface area contributed by atoms with Crippen molar-refractivity contribution in [2.24, 2.45) is 0 Å². The molecule has 0 aliphatic rings. The van der Waals surface area contributed by atoms with Crippen molar-refractivity contribution < 1.29 is 39.5 Å². The van der Waals surface area contributed by atoms with E-state index in [-0.39, 0.29) is 0 Å². The fraction of sp³-hybridized carbons (Fsp3) is 0. The molecule has 0 saturated heterocycles. The lowest BCUT2D eigenvalue weighted by molar-refractivity contribution is 0.381. The monoisotopic (exact) mass is 332 g/mol. The molecule has 0 amide bonds. The summed E-state index contributed by atoms with van der Waals surface area (Å²) in [5.41, 5.74) is -3.70. The number of halogens is 9. The molecule has 1 aromatic carbocycles. The van der Waals surface area contributed by atoms with Gasteiger partial charge in [0.2, 0.25) is 17.5 Å². The molecule has 11 heteroatoms. The van der Waals surface area contributed by atoms with E-state index in [2.05, 4.69) is 4.98 Å². The fourth-order valence-corrected chi connectivity index (χ4v) is 1.44. The van der Waals surface area contributed by atoms with Crippen molar-refractivity contribution in [2.75, 3.05) is 5.32 Å². The largest absolute Gasteiger partial charge is 0.345 e. The average Bonchev–Trinajstić information content (AvgIpc) is 2.48. The quantitative estimate of drug-likeness (QED) is 0.388. The summed E-state index contributed by atoms with van der Waals surface area (Å²) in [6.45, 7) is 0. The van der Waals surface area contributed by atoms with Crippen molar-refractivity contribution in [1.29, 1.82) is 0 Å². The van der Waals surface area contributed by atoms with E-state index in [0.717, 1.165) is 5.32 Å². The molecule has 2 rings (SSSR count). The first-order chi connectivity index (χ1) is 10.2. The average molecular weight is 332 g/mol. The molecule has 2 nitrogen and oxygen atoms in total. The number of anilines is 2. The van der Waals surface area contributed by atoms with Crippen LogP contribution < -0.4 is 5.32 Å². The van der Waals surface area contributed by atoms with Crippen molar-refractivity contribution in [3.63, 3.8) is 0 Å². The molecule has 1 aromatic heterocycles. The van der Waals surface area contributed by atoms with Crippen LogP contribution in [0.25, 0.3) is 0 Å². The Bertz CT molecular complexity index is 720. The Morgan fingerprint density at radius 2 is 0.773 bits per heavy atom. The number of aromatic nitrogens is 1.